The van der Waals surface area contributed by atoms with Crippen LogP contribution in [0.4, 0.5) is 0 Å². The van der Waals surface area contributed by atoms with Crippen molar-refractivity contribution in [3.63, 3.8) is 0 Å². The van der Waals surface area contributed by atoms with E-state index in [1.54, 1.807) is 0 Å². The van der Waals surface area contributed by atoms with Crippen LogP contribution in [-0.4, -0.2) is 18.8 Å². The van der Waals surface area contributed by atoms with Crippen LogP contribution in [0.2, 0.25) is 0 Å². The van der Waals surface area contributed by atoms with Gasteiger partial charge in [0.05, 0.1) is 0 Å². The highest BCUT2D eigenvalue weighted by molar-refractivity contribution is 5.93. The Morgan fingerprint density at radius 3 is 2.35 bits per heavy atom. The van der Waals surface area contributed by atoms with E-state index in [2.05, 4.69) is 41.9 Å². The third kappa shape index (κ3) is 5.83. The highest BCUT2D eigenvalue weighted by atomic mass is 16.8. The molecule has 0 bridgehead atoms. The van der Waals surface area contributed by atoms with Crippen molar-refractivity contribution < 1.29 is 14.4 Å². The Bertz CT molecular complexity index is 704. The first kappa shape index (κ1) is 18.4. The predicted octanol–water partition coefficient (Wildman–Crippen LogP) is 4.22. The second-order valence-electron chi connectivity index (χ2n) is 6.41. The topological polar surface area (TPSA) is 47.6 Å². The Kier molecular flexibility index (Phi) is 6.99. The SMILES string of the molecule is O=C(NOC1CCCCO1)c1ccc(CC=CCc2ccccc2)cc1. The number of rotatable bonds is 7. The monoisotopic (exact) mass is 351 g/mol. The minimum atomic E-state index is -0.332. The van der Waals surface area contributed by atoms with Crippen LogP contribution in [0, 0.1) is 0 Å². The number of allylic oxidation sites excluding steroid dienone is 2. The number of hydrogen-bond donors (Lipinski definition) is 1. The van der Waals surface area contributed by atoms with E-state index in [0.29, 0.717) is 12.2 Å². The lowest BCUT2D eigenvalue weighted by molar-refractivity contribution is -0.186. The van der Waals surface area contributed by atoms with Crippen molar-refractivity contribution in [3.05, 3.63) is 83.4 Å². The van der Waals surface area contributed by atoms with Crippen LogP contribution in [-0.2, 0) is 22.4 Å². The summed E-state index contributed by atoms with van der Waals surface area (Å²) in [5.41, 5.74) is 5.53. The molecule has 1 atom stereocenters. The van der Waals surface area contributed by atoms with Gasteiger partial charge < -0.3 is 4.74 Å². The summed E-state index contributed by atoms with van der Waals surface area (Å²) in [6.07, 6.45) is 8.71. The first-order valence-electron chi connectivity index (χ1n) is 9.17. The molecule has 136 valence electrons. The van der Waals surface area contributed by atoms with Crippen LogP contribution < -0.4 is 5.48 Å². The highest BCUT2D eigenvalue weighted by Crippen LogP contribution is 2.13. The lowest BCUT2D eigenvalue weighted by Crippen LogP contribution is -2.33. The van der Waals surface area contributed by atoms with E-state index in [1.807, 2.05) is 30.3 Å². The van der Waals surface area contributed by atoms with Gasteiger partial charge in [-0.15, -0.1) is 0 Å². The summed E-state index contributed by atoms with van der Waals surface area (Å²) in [7, 11) is 0. The molecule has 0 aliphatic carbocycles. The Hall–Kier alpha value is -2.43. The Morgan fingerprint density at radius 2 is 1.69 bits per heavy atom. The molecule has 1 amide bonds. The number of nitrogens with one attached hydrogen (secondary N) is 1. The van der Waals surface area contributed by atoms with Gasteiger partial charge in [0.1, 0.15) is 0 Å². The Labute approximate surface area is 154 Å². The summed E-state index contributed by atoms with van der Waals surface area (Å²) in [6.45, 7) is 0.688. The molecule has 0 spiro atoms. The molecule has 1 fully saturated rings. The Morgan fingerprint density at radius 1 is 1.00 bits per heavy atom. The molecular weight excluding hydrogens is 326 g/mol. The average molecular weight is 351 g/mol. The fourth-order valence-electron chi connectivity index (χ4n) is 2.83. The van der Waals surface area contributed by atoms with E-state index < -0.39 is 0 Å². The van der Waals surface area contributed by atoms with Gasteiger partial charge in [-0.3, -0.25) is 4.79 Å². The lowest BCUT2D eigenvalue weighted by Gasteiger charge is -2.22. The first-order valence-corrected chi connectivity index (χ1v) is 9.17. The van der Waals surface area contributed by atoms with Gasteiger partial charge in [-0.05, 0) is 48.9 Å². The molecular formula is C22H25NO3. The maximum Gasteiger partial charge on any atom is 0.274 e. The zero-order chi connectivity index (χ0) is 18.0. The van der Waals surface area contributed by atoms with Gasteiger partial charge in [0, 0.05) is 18.6 Å². The number of benzene rings is 2. The molecule has 0 saturated carbocycles. The standard InChI is InChI=1S/C22H25NO3/c24-22(23-26-21-12-6-7-17-25-21)20-15-13-19(14-16-20)11-5-4-10-18-8-2-1-3-9-18/h1-5,8-9,13-16,21H,6-7,10-12,17H2,(H,23,24). The summed E-state index contributed by atoms with van der Waals surface area (Å²) in [5, 5.41) is 0. The van der Waals surface area contributed by atoms with E-state index in [1.165, 1.54) is 11.1 Å². The quantitative estimate of drug-likeness (QED) is 0.600. The molecule has 4 heteroatoms. The fourth-order valence-corrected chi connectivity index (χ4v) is 2.83. The van der Waals surface area contributed by atoms with Crippen molar-refractivity contribution >= 4 is 5.91 Å². The molecule has 0 aromatic heterocycles. The molecule has 1 heterocycles. The molecule has 2 aromatic carbocycles. The molecule has 26 heavy (non-hydrogen) atoms. The Balaban J connectivity index is 1.43. The van der Waals surface area contributed by atoms with Gasteiger partial charge >= 0.3 is 0 Å². The van der Waals surface area contributed by atoms with Crippen molar-refractivity contribution in [2.45, 2.75) is 38.4 Å². The van der Waals surface area contributed by atoms with Gasteiger partial charge in [-0.25, -0.2) is 10.3 Å². The van der Waals surface area contributed by atoms with E-state index >= 15 is 0 Å². The molecule has 1 aliphatic heterocycles. The van der Waals surface area contributed by atoms with E-state index in [-0.39, 0.29) is 12.2 Å². The van der Waals surface area contributed by atoms with Gasteiger partial charge in [0.2, 0.25) is 0 Å². The summed E-state index contributed by atoms with van der Waals surface area (Å²) in [5.74, 6) is -0.245. The number of carbonyl (C=O) groups is 1. The number of hydrogen-bond acceptors (Lipinski definition) is 3. The maximum atomic E-state index is 12.1. The van der Waals surface area contributed by atoms with Crippen molar-refractivity contribution in [2.75, 3.05) is 6.61 Å². The minimum absolute atomic E-state index is 0.245. The summed E-state index contributed by atoms with van der Waals surface area (Å²) >= 11 is 0. The molecule has 1 aliphatic rings. The van der Waals surface area contributed by atoms with Gasteiger partial charge in [0.25, 0.3) is 5.91 Å². The third-order valence-electron chi connectivity index (χ3n) is 4.35. The maximum absolute atomic E-state index is 12.1. The van der Waals surface area contributed by atoms with Crippen molar-refractivity contribution in [1.82, 2.24) is 5.48 Å². The second kappa shape index (κ2) is 9.90. The number of ether oxygens (including phenoxy) is 1. The molecule has 3 rings (SSSR count). The largest absolute Gasteiger partial charge is 0.350 e. The molecule has 1 unspecified atom stereocenters. The summed E-state index contributed by atoms with van der Waals surface area (Å²) in [4.78, 5) is 17.4. The van der Waals surface area contributed by atoms with Crippen molar-refractivity contribution in [3.8, 4) is 0 Å². The van der Waals surface area contributed by atoms with Crippen LogP contribution in [0.3, 0.4) is 0 Å². The summed E-state index contributed by atoms with van der Waals surface area (Å²) in [6, 6.07) is 18.0. The van der Waals surface area contributed by atoms with Gasteiger partial charge in [0.15, 0.2) is 6.29 Å². The molecule has 2 aromatic rings. The number of amides is 1. The lowest BCUT2D eigenvalue weighted by atomic mass is 10.1. The molecule has 1 N–H and O–H groups in total. The van der Waals surface area contributed by atoms with Crippen LogP contribution in [0.1, 0.15) is 40.7 Å². The molecule has 4 nitrogen and oxygen atoms in total. The van der Waals surface area contributed by atoms with Crippen molar-refractivity contribution in [2.24, 2.45) is 0 Å². The van der Waals surface area contributed by atoms with Gasteiger partial charge in [-0.2, -0.15) is 0 Å². The number of carbonyl (C=O) groups excluding carboxylic acids is 1. The molecule has 1 saturated heterocycles. The smallest absolute Gasteiger partial charge is 0.274 e. The predicted molar refractivity (Wildman–Crippen MR) is 102 cm³/mol. The third-order valence-corrected chi connectivity index (χ3v) is 4.35. The van der Waals surface area contributed by atoms with Crippen LogP contribution in [0.5, 0.6) is 0 Å². The second-order valence-corrected chi connectivity index (χ2v) is 6.41. The summed E-state index contributed by atoms with van der Waals surface area (Å²) < 4.78 is 5.43. The fraction of sp³-hybridized carbons (Fsp3) is 0.318. The van der Waals surface area contributed by atoms with E-state index in [0.717, 1.165) is 32.1 Å². The zero-order valence-electron chi connectivity index (χ0n) is 14.9. The van der Waals surface area contributed by atoms with E-state index in [4.69, 9.17) is 9.57 Å². The van der Waals surface area contributed by atoms with Crippen LogP contribution in [0.25, 0.3) is 0 Å². The molecule has 0 radical (unpaired) electrons. The number of hydroxylamine groups is 1. The van der Waals surface area contributed by atoms with Crippen molar-refractivity contribution in [1.29, 1.82) is 0 Å². The first-order chi connectivity index (χ1) is 12.8. The normalized spacial score (nSPS) is 17.3. The van der Waals surface area contributed by atoms with Crippen LogP contribution >= 0.6 is 0 Å². The van der Waals surface area contributed by atoms with Crippen LogP contribution in [0.15, 0.2) is 66.7 Å². The zero-order valence-corrected chi connectivity index (χ0v) is 14.9. The van der Waals surface area contributed by atoms with E-state index in [9.17, 15) is 4.79 Å². The minimum Gasteiger partial charge on any atom is -0.350 e. The average Bonchev–Trinajstić information content (AvgIpc) is 2.71. The van der Waals surface area contributed by atoms with Gasteiger partial charge in [-0.1, -0.05) is 54.6 Å². The highest BCUT2D eigenvalue weighted by Gasteiger charge is 2.16.